The van der Waals surface area contributed by atoms with Crippen LogP contribution in [-0.2, 0) is 0 Å². The van der Waals surface area contributed by atoms with Crippen LogP contribution in [0.1, 0.15) is 39.0 Å². The van der Waals surface area contributed by atoms with Crippen LogP contribution < -0.4 is 5.32 Å². The lowest BCUT2D eigenvalue weighted by Gasteiger charge is -2.36. The zero-order valence-electron chi connectivity index (χ0n) is 10.2. The summed E-state index contributed by atoms with van der Waals surface area (Å²) in [5.74, 6) is 0.930. The minimum Gasteiger partial charge on any atom is -0.317 e. The molecule has 84 valence electrons. The Bertz CT molecular complexity index is 148. The lowest BCUT2D eigenvalue weighted by atomic mass is 9.80. The fourth-order valence-electron chi connectivity index (χ4n) is 2.91. The monoisotopic (exact) mass is 198 g/mol. The first kappa shape index (κ1) is 12.0. The first-order valence-corrected chi connectivity index (χ1v) is 6.02. The number of hydrogen-bond acceptors (Lipinski definition) is 2. The second kappa shape index (κ2) is 5.72. The van der Waals surface area contributed by atoms with E-state index in [1.54, 1.807) is 0 Å². The predicted molar refractivity (Wildman–Crippen MR) is 62.6 cm³/mol. The van der Waals surface area contributed by atoms with Crippen molar-refractivity contribution in [1.82, 2.24) is 10.2 Å². The third kappa shape index (κ3) is 2.96. The quantitative estimate of drug-likeness (QED) is 0.744. The molecule has 0 aliphatic heterocycles. The summed E-state index contributed by atoms with van der Waals surface area (Å²) in [4.78, 5) is 2.41. The van der Waals surface area contributed by atoms with E-state index in [0.29, 0.717) is 0 Å². The second-order valence-corrected chi connectivity index (χ2v) is 4.84. The van der Waals surface area contributed by atoms with Crippen molar-refractivity contribution >= 4 is 0 Å². The Morgan fingerprint density at radius 2 is 1.79 bits per heavy atom. The van der Waals surface area contributed by atoms with Gasteiger partial charge in [-0.25, -0.2) is 0 Å². The molecule has 0 spiro atoms. The maximum absolute atomic E-state index is 3.40. The summed E-state index contributed by atoms with van der Waals surface area (Å²) in [6.45, 7) is 2.31. The van der Waals surface area contributed by atoms with Crippen LogP contribution in [0.5, 0.6) is 0 Å². The Balaban J connectivity index is 2.39. The van der Waals surface area contributed by atoms with Gasteiger partial charge in [-0.1, -0.05) is 6.92 Å². The molecule has 2 nitrogen and oxygen atoms in total. The smallest absolute Gasteiger partial charge is 0.0115 e. The minimum atomic E-state index is 0.783. The van der Waals surface area contributed by atoms with Crippen molar-refractivity contribution in [2.45, 2.75) is 51.1 Å². The first-order valence-electron chi connectivity index (χ1n) is 6.02. The Hall–Kier alpha value is -0.0800. The molecule has 1 atom stereocenters. The van der Waals surface area contributed by atoms with Crippen LogP contribution in [0.25, 0.3) is 0 Å². The molecule has 0 amide bonds. The molecule has 0 bridgehead atoms. The van der Waals surface area contributed by atoms with Crippen molar-refractivity contribution in [3.8, 4) is 0 Å². The van der Waals surface area contributed by atoms with Crippen LogP contribution in [0.4, 0.5) is 0 Å². The summed E-state index contributed by atoms with van der Waals surface area (Å²) in [7, 11) is 6.53. The SMILES string of the molecule is CCC(C1CCC(NC)CC1)N(C)C. The van der Waals surface area contributed by atoms with Gasteiger partial charge in [0.05, 0.1) is 0 Å². The molecule has 0 radical (unpaired) electrons. The molecular formula is C12H26N2. The molecule has 14 heavy (non-hydrogen) atoms. The largest absolute Gasteiger partial charge is 0.317 e. The third-order valence-corrected chi connectivity index (χ3v) is 3.81. The number of nitrogens with one attached hydrogen (secondary N) is 1. The van der Waals surface area contributed by atoms with E-state index in [4.69, 9.17) is 0 Å². The lowest BCUT2D eigenvalue weighted by Crippen LogP contribution is -2.39. The predicted octanol–water partition coefficient (Wildman–Crippen LogP) is 2.10. The highest BCUT2D eigenvalue weighted by molar-refractivity contribution is 4.83. The molecule has 1 N–H and O–H groups in total. The standard InChI is InChI=1S/C12H26N2/c1-5-12(14(3)4)10-6-8-11(13-2)9-7-10/h10-13H,5-9H2,1-4H3. The summed E-state index contributed by atoms with van der Waals surface area (Å²) < 4.78 is 0. The molecule has 0 heterocycles. The van der Waals surface area contributed by atoms with Crippen molar-refractivity contribution in [2.24, 2.45) is 5.92 Å². The molecule has 0 aromatic heterocycles. The molecule has 1 aliphatic carbocycles. The summed E-state index contributed by atoms with van der Waals surface area (Å²) in [5.41, 5.74) is 0. The Morgan fingerprint density at radius 1 is 1.21 bits per heavy atom. The second-order valence-electron chi connectivity index (χ2n) is 4.84. The average molecular weight is 198 g/mol. The molecule has 0 aromatic carbocycles. The van der Waals surface area contributed by atoms with E-state index in [2.05, 4.69) is 38.3 Å². The van der Waals surface area contributed by atoms with E-state index in [1.807, 2.05) is 0 Å². The topological polar surface area (TPSA) is 15.3 Å². The summed E-state index contributed by atoms with van der Waals surface area (Å²) in [5, 5.41) is 3.40. The molecule has 2 heteroatoms. The van der Waals surface area contributed by atoms with Gasteiger partial charge in [0.2, 0.25) is 0 Å². The van der Waals surface area contributed by atoms with Gasteiger partial charge in [-0.3, -0.25) is 0 Å². The average Bonchev–Trinajstić information content (AvgIpc) is 2.19. The fraction of sp³-hybridized carbons (Fsp3) is 1.00. The van der Waals surface area contributed by atoms with Crippen molar-refractivity contribution in [3.05, 3.63) is 0 Å². The van der Waals surface area contributed by atoms with Gasteiger partial charge in [0, 0.05) is 12.1 Å². The lowest BCUT2D eigenvalue weighted by molar-refractivity contribution is 0.154. The van der Waals surface area contributed by atoms with E-state index in [0.717, 1.165) is 18.0 Å². The number of nitrogens with zero attached hydrogens (tertiary/aromatic N) is 1. The van der Waals surface area contributed by atoms with Crippen molar-refractivity contribution in [1.29, 1.82) is 0 Å². The van der Waals surface area contributed by atoms with Crippen LogP contribution in [0.3, 0.4) is 0 Å². The molecule has 1 unspecified atom stereocenters. The highest BCUT2D eigenvalue weighted by atomic mass is 15.1. The van der Waals surface area contributed by atoms with Crippen LogP contribution in [0.2, 0.25) is 0 Å². The molecule has 1 rings (SSSR count). The highest BCUT2D eigenvalue weighted by Crippen LogP contribution is 2.29. The normalized spacial score (nSPS) is 30.6. The maximum Gasteiger partial charge on any atom is 0.0115 e. The van der Waals surface area contributed by atoms with Crippen molar-refractivity contribution in [3.63, 3.8) is 0 Å². The Kier molecular flexibility index (Phi) is 4.90. The highest BCUT2D eigenvalue weighted by Gasteiger charge is 2.26. The molecule has 0 saturated heterocycles. The fourth-order valence-corrected chi connectivity index (χ4v) is 2.91. The van der Waals surface area contributed by atoms with Crippen LogP contribution >= 0.6 is 0 Å². The van der Waals surface area contributed by atoms with Crippen molar-refractivity contribution in [2.75, 3.05) is 21.1 Å². The van der Waals surface area contributed by atoms with Gasteiger partial charge in [-0.2, -0.15) is 0 Å². The van der Waals surface area contributed by atoms with Gasteiger partial charge in [0.25, 0.3) is 0 Å². The van der Waals surface area contributed by atoms with Gasteiger partial charge in [-0.05, 0) is 59.2 Å². The first-order chi connectivity index (χ1) is 6.69. The third-order valence-electron chi connectivity index (χ3n) is 3.81. The van der Waals surface area contributed by atoms with Crippen LogP contribution in [-0.4, -0.2) is 38.1 Å². The Morgan fingerprint density at radius 3 is 2.14 bits per heavy atom. The Labute approximate surface area is 89.1 Å². The number of hydrogen-bond donors (Lipinski definition) is 1. The van der Waals surface area contributed by atoms with Gasteiger partial charge in [-0.15, -0.1) is 0 Å². The van der Waals surface area contributed by atoms with Gasteiger partial charge in [0.1, 0.15) is 0 Å². The molecule has 0 aromatic rings. The molecule has 1 saturated carbocycles. The van der Waals surface area contributed by atoms with Crippen molar-refractivity contribution < 1.29 is 0 Å². The number of rotatable bonds is 4. The van der Waals surface area contributed by atoms with E-state index in [1.165, 1.54) is 32.1 Å². The zero-order chi connectivity index (χ0) is 10.6. The maximum atomic E-state index is 3.40. The van der Waals surface area contributed by atoms with E-state index < -0.39 is 0 Å². The van der Waals surface area contributed by atoms with E-state index in [-0.39, 0.29) is 0 Å². The van der Waals surface area contributed by atoms with E-state index >= 15 is 0 Å². The van der Waals surface area contributed by atoms with Crippen LogP contribution in [0.15, 0.2) is 0 Å². The molecular weight excluding hydrogens is 172 g/mol. The van der Waals surface area contributed by atoms with Gasteiger partial charge in [0.15, 0.2) is 0 Å². The van der Waals surface area contributed by atoms with Crippen LogP contribution in [0, 0.1) is 5.92 Å². The van der Waals surface area contributed by atoms with Gasteiger partial charge < -0.3 is 10.2 Å². The van der Waals surface area contributed by atoms with E-state index in [9.17, 15) is 0 Å². The minimum absolute atomic E-state index is 0.783. The summed E-state index contributed by atoms with van der Waals surface area (Å²) in [6.07, 6.45) is 6.84. The zero-order valence-corrected chi connectivity index (χ0v) is 10.2. The van der Waals surface area contributed by atoms with Gasteiger partial charge >= 0.3 is 0 Å². The summed E-state index contributed by atoms with van der Waals surface area (Å²) in [6, 6.07) is 1.58. The molecule has 1 aliphatic rings. The summed E-state index contributed by atoms with van der Waals surface area (Å²) >= 11 is 0. The molecule has 1 fully saturated rings.